The number of pyridine rings is 1. The number of aryl methyl sites for hydroxylation is 1. The number of aromatic nitrogens is 1. The molecule has 0 amide bonds. The highest BCUT2D eigenvalue weighted by atomic mass is 16.1. The van der Waals surface area contributed by atoms with E-state index in [1.54, 1.807) is 4.57 Å². The van der Waals surface area contributed by atoms with E-state index < -0.39 is 0 Å². The van der Waals surface area contributed by atoms with E-state index in [1.807, 2.05) is 19.2 Å². The summed E-state index contributed by atoms with van der Waals surface area (Å²) in [7, 11) is 1.85. The van der Waals surface area contributed by atoms with Gasteiger partial charge in [0.25, 0.3) is 5.56 Å². The first-order chi connectivity index (χ1) is 10.7. The van der Waals surface area contributed by atoms with Crippen molar-refractivity contribution in [2.24, 2.45) is 7.05 Å². The van der Waals surface area contributed by atoms with Crippen LogP contribution in [-0.2, 0) is 20.0 Å². The summed E-state index contributed by atoms with van der Waals surface area (Å²) in [6.45, 7) is 5.91. The van der Waals surface area contributed by atoms with Crippen molar-refractivity contribution in [1.82, 2.24) is 9.88 Å². The molecule has 0 fully saturated rings. The second kappa shape index (κ2) is 7.95. The lowest BCUT2D eigenvalue weighted by atomic mass is 10.1. The average Bonchev–Trinajstić information content (AvgIpc) is 2.55. The largest absolute Gasteiger partial charge is 0.312 e. The lowest BCUT2D eigenvalue weighted by Crippen LogP contribution is -2.26. The second-order valence-corrected chi connectivity index (χ2v) is 5.69. The second-order valence-electron chi connectivity index (χ2n) is 5.69. The molecule has 1 aromatic heterocycles. The van der Waals surface area contributed by atoms with Crippen LogP contribution in [0.4, 0.5) is 0 Å². The highest BCUT2D eigenvalue weighted by Crippen LogP contribution is 2.18. The van der Waals surface area contributed by atoms with Crippen LogP contribution in [0, 0.1) is 0 Å². The minimum Gasteiger partial charge on any atom is -0.312 e. The summed E-state index contributed by atoms with van der Waals surface area (Å²) in [6, 6.07) is 12.4. The lowest BCUT2D eigenvalue weighted by Gasteiger charge is -2.11. The standard InChI is InChI=1S/C19H26N2O/c1-4-6-13-20-14-17-11-12-18(21(3)19(17)22)16-9-7-15(5-2)8-10-16/h7-12,20H,4-6,13-14H2,1-3H3. The smallest absolute Gasteiger partial charge is 0.255 e. The van der Waals surface area contributed by atoms with E-state index >= 15 is 0 Å². The number of benzene rings is 1. The molecule has 1 N–H and O–H groups in total. The van der Waals surface area contributed by atoms with E-state index in [0.717, 1.165) is 42.6 Å². The Labute approximate surface area is 133 Å². The summed E-state index contributed by atoms with van der Waals surface area (Å²) < 4.78 is 1.75. The Morgan fingerprint density at radius 1 is 1.05 bits per heavy atom. The van der Waals surface area contributed by atoms with Gasteiger partial charge in [0.05, 0.1) is 5.69 Å². The summed E-state index contributed by atoms with van der Waals surface area (Å²) in [4.78, 5) is 12.5. The molecular weight excluding hydrogens is 272 g/mol. The Balaban J connectivity index is 2.20. The number of nitrogens with one attached hydrogen (secondary N) is 1. The zero-order chi connectivity index (χ0) is 15.9. The van der Waals surface area contributed by atoms with Gasteiger partial charge in [0.1, 0.15) is 0 Å². The molecule has 1 aromatic carbocycles. The molecule has 22 heavy (non-hydrogen) atoms. The van der Waals surface area contributed by atoms with E-state index in [2.05, 4.69) is 43.4 Å². The molecule has 2 rings (SSSR count). The van der Waals surface area contributed by atoms with Crippen molar-refractivity contribution in [3.05, 3.63) is 57.9 Å². The fourth-order valence-electron chi connectivity index (χ4n) is 2.55. The van der Waals surface area contributed by atoms with E-state index in [1.165, 1.54) is 5.56 Å². The number of unbranched alkanes of at least 4 members (excludes halogenated alkanes) is 1. The van der Waals surface area contributed by atoms with Crippen molar-refractivity contribution in [3.8, 4) is 11.3 Å². The monoisotopic (exact) mass is 298 g/mol. The van der Waals surface area contributed by atoms with Gasteiger partial charge in [-0.2, -0.15) is 0 Å². The molecular formula is C19H26N2O. The summed E-state index contributed by atoms with van der Waals surface area (Å²) >= 11 is 0. The van der Waals surface area contributed by atoms with Crippen LogP contribution in [-0.4, -0.2) is 11.1 Å². The van der Waals surface area contributed by atoms with Gasteiger partial charge in [-0.1, -0.05) is 50.6 Å². The van der Waals surface area contributed by atoms with Gasteiger partial charge in [-0.05, 0) is 36.6 Å². The maximum absolute atomic E-state index is 12.5. The van der Waals surface area contributed by atoms with Crippen molar-refractivity contribution < 1.29 is 0 Å². The topological polar surface area (TPSA) is 34.0 Å². The van der Waals surface area contributed by atoms with Crippen molar-refractivity contribution in [3.63, 3.8) is 0 Å². The highest BCUT2D eigenvalue weighted by Gasteiger charge is 2.07. The predicted octanol–water partition coefficient (Wildman–Crippen LogP) is 3.50. The van der Waals surface area contributed by atoms with E-state index in [0.29, 0.717) is 6.54 Å². The van der Waals surface area contributed by atoms with Gasteiger partial charge in [0, 0.05) is 19.2 Å². The van der Waals surface area contributed by atoms with Crippen molar-refractivity contribution in [1.29, 1.82) is 0 Å². The fourth-order valence-corrected chi connectivity index (χ4v) is 2.55. The van der Waals surface area contributed by atoms with Gasteiger partial charge in [0.2, 0.25) is 0 Å². The maximum atomic E-state index is 12.5. The Hall–Kier alpha value is -1.87. The van der Waals surface area contributed by atoms with Crippen LogP contribution in [0.2, 0.25) is 0 Å². The molecule has 0 atom stereocenters. The molecule has 0 spiro atoms. The van der Waals surface area contributed by atoms with Gasteiger partial charge < -0.3 is 9.88 Å². The van der Waals surface area contributed by atoms with Crippen LogP contribution in [0.15, 0.2) is 41.2 Å². The summed E-state index contributed by atoms with van der Waals surface area (Å²) in [5.41, 5.74) is 4.27. The molecule has 0 aliphatic carbocycles. The van der Waals surface area contributed by atoms with Gasteiger partial charge in [0.15, 0.2) is 0 Å². The predicted molar refractivity (Wildman–Crippen MR) is 93.1 cm³/mol. The number of hydrogen-bond acceptors (Lipinski definition) is 2. The quantitative estimate of drug-likeness (QED) is 0.794. The third-order valence-electron chi connectivity index (χ3n) is 4.06. The number of nitrogens with zero attached hydrogens (tertiary/aromatic N) is 1. The molecule has 0 saturated carbocycles. The number of hydrogen-bond donors (Lipinski definition) is 1. The fraction of sp³-hybridized carbons (Fsp3) is 0.421. The Kier molecular flexibility index (Phi) is 5.96. The Bertz CT molecular complexity index is 656. The first-order valence-corrected chi connectivity index (χ1v) is 8.16. The average molecular weight is 298 g/mol. The highest BCUT2D eigenvalue weighted by molar-refractivity contribution is 5.60. The van der Waals surface area contributed by atoms with Crippen molar-refractivity contribution >= 4 is 0 Å². The van der Waals surface area contributed by atoms with Gasteiger partial charge in [-0.15, -0.1) is 0 Å². The van der Waals surface area contributed by atoms with Crippen molar-refractivity contribution in [2.75, 3.05) is 6.54 Å². The molecule has 0 aliphatic heterocycles. The molecule has 0 radical (unpaired) electrons. The van der Waals surface area contributed by atoms with E-state index in [4.69, 9.17) is 0 Å². The van der Waals surface area contributed by atoms with Crippen LogP contribution >= 0.6 is 0 Å². The molecule has 0 aliphatic rings. The molecule has 3 nitrogen and oxygen atoms in total. The van der Waals surface area contributed by atoms with Crippen LogP contribution < -0.4 is 10.9 Å². The Morgan fingerprint density at radius 2 is 1.77 bits per heavy atom. The van der Waals surface area contributed by atoms with Crippen LogP contribution in [0.3, 0.4) is 0 Å². The normalized spacial score (nSPS) is 10.9. The van der Waals surface area contributed by atoms with Crippen molar-refractivity contribution in [2.45, 2.75) is 39.7 Å². The van der Waals surface area contributed by atoms with Crippen LogP contribution in [0.5, 0.6) is 0 Å². The van der Waals surface area contributed by atoms with Gasteiger partial charge in [-0.25, -0.2) is 0 Å². The first kappa shape index (κ1) is 16.5. The molecule has 3 heteroatoms. The Morgan fingerprint density at radius 3 is 2.41 bits per heavy atom. The molecule has 118 valence electrons. The minimum atomic E-state index is 0.0843. The van der Waals surface area contributed by atoms with E-state index in [9.17, 15) is 4.79 Å². The van der Waals surface area contributed by atoms with Crippen LogP contribution in [0.25, 0.3) is 11.3 Å². The van der Waals surface area contributed by atoms with Gasteiger partial charge >= 0.3 is 0 Å². The third kappa shape index (κ3) is 3.86. The minimum absolute atomic E-state index is 0.0843. The van der Waals surface area contributed by atoms with E-state index in [-0.39, 0.29) is 5.56 Å². The summed E-state index contributed by atoms with van der Waals surface area (Å²) in [6.07, 6.45) is 3.33. The molecule has 0 bridgehead atoms. The first-order valence-electron chi connectivity index (χ1n) is 8.16. The number of rotatable bonds is 7. The lowest BCUT2D eigenvalue weighted by molar-refractivity contribution is 0.634. The summed E-state index contributed by atoms with van der Waals surface area (Å²) in [5.74, 6) is 0. The maximum Gasteiger partial charge on any atom is 0.255 e. The van der Waals surface area contributed by atoms with Gasteiger partial charge in [-0.3, -0.25) is 4.79 Å². The third-order valence-corrected chi connectivity index (χ3v) is 4.06. The SMILES string of the molecule is CCCCNCc1ccc(-c2ccc(CC)cc2)n(C)c1=O. The molecule has 2 aromatic rings. The summed E-state index contributed by atoms with van der Waals surface area (Å²) in [5, 5.41) is 3.33. The molecule has 0 saturated heterocycles. The molecule has 1 heterocycles. The molecule has 0 unspecified atom stereocenters. The zero-order valence-corrected chi connectivity index (χ0v) is 13.9. The zero-order valence-electron chi connectivity index (χ0n) is 13.9. The van der Waals surface area contributed by atoms with Crippen LogP contribution in [0.1, 0.15) is 37.8 Å².